The van der Waals surface area contributed by atoms with E-state index < -0.39 is 0 Å². The third kappa shape index (κ3) is 7.47. The van der Waals surface area contributed by atoms with Crippen LogP contribution in [0, 0.1) is 5.92 Å². The Balaban J connectivity index is 3.25. The van der Waals surface area contributed by atoms with Crippen LogP contribution in [0.2, 0.25) is 0 Å². The van der Waals surface area contributed by atoms with Gasteiger partial charge in [0.25, 0.3) is 0 Å². The molecule has 0 atom stereocenters. The molecule has 0 N–H and O–H groups in total. The van der Waals surface area contributed by atoms with Gasteiger partial charge in [0.15, 0.2) is 0 Å². The van der Waals surface area contributed by atoms with Crippen LogP contribution in [0.15, 0.2) is 4.99 Å². The average molecular weight is 128 g/mol. The Morgan fingerprint density at radius 3 is 2.33 bits per heavy atom. The highest BCUT2D eigenvalue weighted by Crippen LogP contribution is 1.89. The van der Waals surface area contributed by atoms with E-state index in [1.807, 2.05) is 25.3 Å². The minimum Gasteiger partial charge on any atom is -0.369 e. The number of rotatable bonds is 3. The molecule has 0 aromatic carbocycles. The molecular weight excluding hydrogens is 112 g/mol. The Bertz CT molecular complexity index is 84.9. The maximum Gasteiger partial charge on any atom is 0.0844 e. The van der Waals surface area contributed by atoms with Crippen LogP contribution < -0.4 is 0 Å². The molecule has 2 heteroatoms. The van der Waals surface area contributed by atoms with Crippen LogP contribution in [0.1, 0.15) is 13.8 Å². The van der Waals surface area contributed by atoms with E-state index in [0.717, 1.165) is 6.54 Å². The van der Waals surface area contributed by atoms with Crippen molar-refractivity contribution in [1.82, 2.24) is 4.90 Å². The van der Waals surface area contributed by atoms with Gasteiger partial charge in [-0.3, -0.25) is 4.99 Å². The van der Waals surface area contributed by atoms with E-state index in [0.29, 0.717) is 5.92 Å². The fourth-order valence-corrected chi connectivity index (χ4v) is 0.421. The number of hydrogen-bond donors (Lipinski definition) is 0. The maximum atomic E-state index is 4.17. The summed E-state index contributed by atoms with van der Waals surface area (Å²) in [4.78, 5) is 6.12. The standard InChI is InChI=1S/C7H16N2/c1-7(2)5-8-6-9(3)4/h6-7H,5H2,1-4H3. The van der Waals surface area contributed by atoms with Crippen molar-refractivity contribution in [2.24, 2.45) is 10.9 Å². The molecule has 0 saturated carbocycles. The van der Waals surface area contributed by atoms with Crippen LogP contribution in [-0.4, -0.2) is 31.9 Å². The second-order valence-corrected chi connectivity index (χ2v) is 2.84. The second kappa shape index (κ2) is 4.36. The number of nitrogens with zero attached hydrogens (tertiary/aromatic N) is 2. The highest BCUT2D eigenvalue weighted by atomic mass is 15.1. The average Bonchev–Trinajstić information content (AvgIpc) is 1.63. The molecule has 0 fully saturated rings. The van der Waals surface area contributed by atoms with Crippen molar-refractivity contribution in [3.8, 4) is 0 Å². The van der Waals surface area contributed by atoms with E-state index in [-0.39, 0.29) is 0 Å². The topological polar surface area (TPSA) is 15.6 Å². The highest BCUT2D eigenvalue weighted by Gasteiger charge is 1.86. The largest absolute Gasteiger partial charge is 0.369 e. The van der Waals surface area contributed by atoms with E-state index in [9.17, 15) is 0 Å². The van der Waals surface area contributed by atoms with Crippen LogP contribution in [-0.2, 0) is 0 Å². The first-order valence-electron chi connectivity index (χ1n) is 3.29. The molecule has 0 unspecified atom stereocenters. The van der Waals surface area contributed by atoms with Gasteiger partial charge in [-0.15, -0.1) is 0 Å². The fraction of sp³-hybridized carbons (Fsp3) is 0.857. The van der Waals surface area contributed by atoms with Crippen molar-refractivity contribution in [2.45, 2.75) is 13.8 Å². The van der Waals surface area contributed by atoms with E-state index in [2.05, 4.69) is 18.8 Å². The van der Waals surface area contributed by atoms with Crippen molar-refractivity contribution in [3.63, 3.8) is 0 Å². The van der Waals surface area contributed by atoms with Crippen LogP contribution in [0.25, 0.3) is 0 Å². The predicted molar refractivity (Wildman–Crippen MR) is 41.9 cm³/mol. The van der Waals surface area contributed by atoms with Crippen LogP contribution in [0.4, 0.5) is 0 Å². The lowest BCUT2D eigenvalue weighted by molar-refractivity contribution is 0.619. The predicted octanol–water partition coefficient (Wildman–Crippen LogP) is 1.23. The van der Waals surface area contributed by atoms with Gasteiger partial charge in [0, 0.05) is 20.6 Å². The third-order valence-corrected chi connectivity index (χ3v) is 0.783. The molecular formula is C7H16N2. The Labute approximate surface area is 57.6 Å². The molecule has 0 radical (unpaired) electrons. The smallest absolute Gasteiger partial charge is 0.0844 e. The first kappa shape index (κ1) is 8.47. The van der Waals surface area contributed by atoms with E-state index in [4.69, 9.17) is 0 Å². The molecule has 0 aliphatic carbocycles. The lowest BCUT2D eigenvalue weighted by Gasteiger charge is -2.03. The minimum atomic E-state index is 0.668. The summed E-state index contributed by atoms with van der Waals surface area (Å²) in [6, 6.07) is 0. The summed E-state index contributed by atoms with van der Waals surface area (Å²) in [7, 11) is 3.95. The summed E-state index contributed by atoms with van der Waals surface area (Å²) < 4.78 is 0. The molecule has 9 heavy (non-hydrogen) atoms. The van der Waals surface area contributed by atoms with Gasteiger partial charge in [-0.05, 0) is 5.92 Å². The van der Waals surface area contributed by atoms with Gasteiger partial charge in [-0.25, -0.2) is 0 Å². The fourth-order valence-electron chi connectivity index (χ4n) is 0.421. The van der Waals surface area contributed by atoms with Crippen molar-refractivity contribution in [2.75, 3.05) is 20.6 Å². The van der Waals surface area contributed by atoms with Gasteiger partial charge >= 0.3 is 0 Å². The lowest BCUT2D eigenvalue weighted by atomic mass is 10.2. The number of aliphatic imine (C=N–C) groups is 1. The maximum absolute atomic E-state index is 4.17. The van der Waals surface area contributed by atoms with Crippen LogP contribution in [0.5, 0.6) is 0 Å². The van der Waals surface area contributed by atoms with Gasteiger partial charge in [0.05, 0.1) is 6.34 Å². The summed E-state index contributed by atoms with van der Waals surface area (Å²) in [5.41, 5.74) is 0. The minimum absolute atomic E-state index is 0.668. The van der Waals surface area contributed by atoms with Crippen LogP contribution >= 0.6 is 0 Å². The Morgan fingerprint density at radius 2 is 2.00 bits per heavy atom. The summed E-state index contributed by atoms with van der Waals surface area (Å²) in [5, 5.41) is 0. The van der Waals surface area contributed by atoms with E-state index in [1.54, 1.807) is 0 Å². The molecule has 0 saturated heterocycles. The van der Waals surface area contributed by atoms with E-state index in [1.165, 1.54) is 0 Å². The molecule has 0 aromatic rings. The molecule has 2 nitrogen and oxygen atoms in total. The molecule has 0 amide bonds. The second-order valence-electron chi connectivity index (χ2n) is 2.84. The van der Waals surface area contributed by atoms with Crippen molar-refractivity contribution in [1.29, 1.82) is 0 Å². The van der Waals surface area contributed by atoms with Crippen LogP contribution in [0.3, 0.4) is 0 Å². The van der Waals surface area contributed by atoms with Gasteiger partial charge < -0.3 is 4.90 Å². The zero-order valence-corrected chi connectivity index (χ0v) is 6.76. The molecule has 0 bridgehead atoms. The molecule has 0 rings (SSSR count). The van der Waals surface area contributed by atoms with Crippen molar-refractivity contribution >= 4 is 6.34 Å². The first-order valence-corrected chi connectivity index (χ1v) is 3.29. The molecule has 0 aliphatic heterocycles. The van der Waals surface area contributed by atoms with Crippen molar-refractivity contribution in [3.05, 3.63) is 0 Å². The lowest BCUT2D eigenvalue weighted by Crippen LogP contribution is -2.08. The van der Waals surface area contributed by atoms with Gasteiger partial charge in [-0.2, -0.15) is 0 Å². The molecule has 0 aromatic heterocycles. The highest BCUT2D eigenvalue weighted by molar-refractivity contribution is 5.53. The first-order chi connectivity index (χ1) is 4.13. The Kier molecular flexibility index (Phi) is 4.10. The third-order valence-electron chi connectivity index (χ3n) is 0.783. The summed E-state index contributed by atoms with van der Waals surface area (Å²) in [5.74, 6) is 0.668. The Morgan fingerprint density at radius 1 is 1.44 bits per heavy atom. The summed E-state index contributed by atoms with van der Waals surface area (Å²) >= 11 is 0. The zero-order chi connectivity index (χ0) is 7.28. The monoisotopic (exact) mass is 128 g/mol. The summed E-state index contributed by atoms with van der Waals surface area (Å²) in [6.45, 7) is 5.25. The molecule has 54 valence electrons. The van der Waals surface area contributed by atoms with Gasteiger partial charge in [0.1, 0.15) is 0 Å². The SMILES string of the molecule is CC(C)CN=CN(C)C. The summed E-state index contributed by atoms with van der Waals surface area (Å²) in [6.07, 6.45) is 1.85. The van der Waals surface area contributed by atoms with Crippen molar-refractivity contribution < 1.29 is 0 Å². The molecule has 0 aliphatic rings. The number of hydrogen-bond acceptors (Lipinski definition) is 1. The normalized spacial score (nSPS) is 11.2. The zero-order valence-electron chi connectivity index (χ0n) is 6.76. The molecule has 0 heterocycles. The quantitative estimate of drug-likeness (QED) is 0.412. The Hall–Kier alpha value is -0.530. The van der Waals surface area contributed by atoms with Gasteiger partial charge in [0.2, 0.25) is 0 Å². The molecule has 0 spiro atoms. The van der Waals surface area contributed by atoms with E-state index >= 15 is 0 Å². The van der Waals surface area contributed by atoms with Gasteiger partial charge in [-0.1, -0.05) is 13.8 Å².